The molecule has 0 amide bonds. The number of carbonyl (C=O) groups is 1. The lowest BCUT2D eigenvalue weighted by atomic mass is 10.1. The predicted octanol–water partition coefficient (Wildman–Crippen LogP) is 3.74. The Morgan fingerprint density at radius 2 is 2.17 bits per heavy atom. The molecular weight excluding hydrogens is 324 g/mol. The van der Waals surface area contributed by atoms with Crippen molar-refractivity contribution in [3.05, 3.63) is 46.9 Å². The molecule has 6 nitrogen and oxygen atoms in total. The summed E-state index contributed by atoms with van der Waals surface area (Å²) in [7, 11) is 0. The summed E-state index contributed by atoms with van der Waals surface area (Å²) in [5, 5.41) is 4.22. The molecule has 3 rings (SSSR count). The lowest BCUT2D eigenvalue weighted by molar-refractivity contribution is 0.0531. The van der Waals surface area contributed by atoms with Crippen LogP contribution in [0.15, 0.2) is 30.7 Å². The topological polar surface area (TPSA) is 77.0 Å². The maximum Gasteiger partial charge on any atom is 0.348 e. The molecule has 0 fully saturated rings. The molecule has 124 valence electrons. The second kappa shape index (κ2) is 6.92. The molecule has 0 bridgehead atoms. The number of anilines is 1. The van der Waals surface area contributed by atoms with Crippen molar-refractivity contribution in [2.24, 2.45) is 0 Å². The van der Waals surface area contributed by atoms with E-state index in [1.807, 2.05) is 32.0 Å². The van der Waals surface area contributed by atoms with Crippen LogP contribution in [0.1, 0.15) is 40.8 Å². The van der Waals surface area contributed by atoms with Gasteiger partial charge in [0.25, 0.3) is 0 Å². The first-order valence-corrected chi connectivity index (χ1v) is 8.52. The zero-order valence-corrected chi connectivity index (χ0v) is 14.6. The second-order valence-corrected chi connectivity index (χ2v) is 6.30. The van der Waals surface area contributed by atoms with E-state index in [1.165, 1.54) is 17.7 Å². The van der Waals surface area contributed by atoms with Gasteiger partial charge in [0.2, 0.25) is 0 Å². The number of thiophene rings is 1. The number of ether oxygens (including phenoxy) is 1. The third kappa shape index (κ3) is 3.07. The van der Waals surface area contributed by atoms with E-state index in [2.05, 4.69) is 20.3 Å². The highest BCUT2D eigenvalue weighted by molar-refractivity contribution is 7.20. The van der Waals surface area contributed by atoms with Crippen molar-refractivity contribution in [3.63, 3.8) is 0 Å². The van der Waals surface area contributed by atoms with E-state index in [1.54, 1.807) is 13.1 Å². The zero-order valence-electron chi connectivity index (χ0n) is 13.7. The molecule has 3 aromatic rings. The summed E-state index contributed by atoms with van der Waals surface area (Å²) in [6.45, 7) is 6.05. The van der Waals surface area contributed by atoms with Gasteiger partial charge in [-0.3, -0.25) is 4.98 Å². The largest absolute Gasteiger partial charge is 0.462 e. The number of esters is 1. The van der Waals surface area contributed by atoms with Gasteiger partial charge in [-0.05, 0) is 38.5 Å². The molecule has 24 heavy (non-hydrogen) atoms. The minimum Gasteiger partial charge on any atom is -0.462 e. The molecule has 0 saturated heterocycles. The van der Waals surface area contributed by atoms with Crippen molar-refractivity contribution in [1.82, 2.24) is 15.0 Å². The maximum absolute atomic E-state index is 12.1. The molecule has 0 aliphatic carbocycles. The molecule has 0 spiro atoms. The Kier molecular flexibility index (Phi) is 4.71. The molecule has 3 aromatic heterocycles. The number of carbonyl (C=O) groups excluding carboxylic acids is 1. The lowest BCUT2D eigenvalue weighted by Gasteiger charge is -2.14. The molecule has 1 N–H and O–H groups in total. The quantitative estimate of drug-likeness (QED) is 0.712. The Balaban J connectivity index is 1.98. The highest BCUT2D eigenvalue weighted by atomic mass is 32.1. The first-order chi connectivity index (χ1) is 11.6. The van der Waals surface area contributed by atoms with Gasteiger partial charge in [0.1, 0.15) is 21.9 Å². The van der Waals surface area contributed by atoms with Crippen molar-refractivity contribution in [3.8, 4) is 0 Å². The van der Waals surface area contributed by atoms with Crippen molar-refractivity contribution in [2.75, 3.05) is 11.9 Å². The van der Waals surface area contributed by atoms with Crippen LogP contribution >= 0.6 is 11.3 Å². The number of aryl methyl sites for hydroxylation is 1. The van der Waals surface area contributed by atoms with E-state index in [-0.39, 0.29) is 12.0 Å². The Morgan fingerprint density at radius 3 is 2.88 bits per heavy atom. The third-order valence-corrected chi connectivity index (χ3v) is 4.85. The van der Waals surface area contributed by atoms with Gasteiger partial charge in [0, 0.05) is 6.20 Å². The van der Waals surface area contributed by atoms with E-state index in [0.29, 0.717) is 17.3 Å². The van der Waals surface area contributed by atoms with Gasteiger partial charge >= 0.3 is 5.97 Å². The SMILES string of the molecule is CCOC(=O)c1sc2ncnc(NC(C)c3ccccn3)c2c1C. The number of pyridine rings is 1. The average Bonchev–Trinajstić information content (AvgIpc) is 2.94. The van der Waals surface area contributed by atoms with Crippen LogP contribution in [0.2, 0.25) is 0 Å². The van der Waals surface area contributed by atoms with E-state index < -0.39 is 0 Å². The molecule has 0 saturated carbocycles. The fraction of sp³-hybridized carbons (Fsp3) is 0.294. The van der Waals surface area contributed by atoms with Gasteiger partial charge in [-0.1, -0.05) is 6.07 Å². The first-order valence-electron chi connectivity index (χ1n) is 7.70. The number of fused-ring (bicyclic) bond motifs is 1. The van der Waals surface area contributed by atoms with E-state index >= 15 is 0 Å². The van der Waals surface area contributed by atoms with Gasteiger partial charge in [0.15, 0.2) is 0 Å². The highest BCUT2D eigenvalue weighted by Crippen LogP contribution is 2.34. The number of aromatic nitrogens is 3. The molecule has 1 unspecified atom stereocenters. The average molecular weight is 342 g/mol. The summed E-state index contributed by atoms with van der Waals surface area (Å²) in [5.74, 6) is 0.379. The Labute approximate surface area is 143 Å². The predicted molar refractivity (Wildman–Crippen MR) is 94.4 cm³/mol. The van der Waals surface area contributed by atoms with Crippen LogP contribution in [0.4, 0.5) is 5.82 Å². The molecule has 0 aliphatic rings. The fourth-order valence-corrected chi connectivity index (χ4v) is 3.53. The molecular formula is C17H18N4O2S. The summed E-state index contributed by atoms with van der Waals surface area (Å²) >= 11 is 1.33. The number of nitrogens with zero attached hydrogens (tertiary/aromatic N) is 3. The van der Waals surface area contributed by atoms with Crippen LogP contribution in [-0.4, -0.2) is 27.5 Å². The third-order valence-electron chi connectivity index (χ3n) is 3.67. The van der Waals surface area contributed by atoms with Crippen molar-refractivity contribution in [2.45, 2.75) is 26.8 Å². The molecule has 1 atom stereocenters. The maximum atomic E-state index is 12.1. The number of hydrogen-bond donors (Lipinski definition) is 1. The summed E-state index contributed by atoms with van der Waals surface area (Å²) in [6.07, 6.45) is 3.26. The summed E-state index contributed by atoms with van der Waals surface area (Å²) < 4.78 is 5.12. The van der Waals surface area contributed by atoms with E-state index in [4.69, 9.17) is 4.74 Å². The van der Waals surface area contributed by atoms with Gasteiger partial charge in [-0.25, -0.2) is 14.8 Å². The van der Waals surface area contributed by atoms with Gasteiger partial charge in [-0.2, -0.15) is 0 Å². The second-order valence-electron chi connectivity index (χ2n) is 5.30. The molecule has 0 radical (unpaired) electrons. The minimum atomic E-state index is -0.318. The normalized spacial score (nSPS) is 12.1. The fourth-order valence-electron chi connectivity index (χ4n) is 2.48. The van der Waals surface area contributed by atoms with Crippen LogP contribution in [0.3, 0.4) is 0 Å². The van der Waals surface area contributed by atoms with Gasteiger partial charge in [0.05, 0.1) is 23.7 Å². The van der Waals surface area contributed by atoms with Gasteiger partial charge in [-0.15, -0.1) is 11.3 Å². The Morgan fingerprint density at radius 1 is 1.33 bits per heavy atom. The van der Waals surface area contributed by atoms with Crippen LogP contribution in [0, 0.1) is 6.92 Å². The molecule has 7 heteroatoms. The van der Waals surface area contributed by atoms with Gasteiger partial charge < -0.3 is 10.1 Å². The summed E-state index contributed by atoms with van der Waals surface area (Å²) in [4.78, 5) is 26.4. The van der Waals surface area contributed by atoms with E-state index in [0.717, 1.165) is 21.5 Å². The Hall–Kier alpha value is -2.54. The van der Waals surface area contributed by atoms with Crippen LogP contribution in [0.5, 0.6) is 0 Å². The first kappa shape index (κ1) is 16.3. The van der Waals surface area contributed by atoms with Crippen molar-refractivity contribution >= 4 is 33.3 Å². The lowest BCUT2D eigenvalue weighted by Crippen LogP contribution is -2.10. The zero-order chi connectivity index (χ0) is 17.1. The summed E-state index contributed by atoms with van der Waals surface area (Å²) in [5.41, 5.74) is 1.76. The molecule has 0 aliphatic heterocycles. The number of nitrogens with one attached hydrogen (secondary N) is 1. The number of hydrogen-bond acceptors (Lipinski definition) is 7. The highest BCUT2D eigenvalue weighted by Gasteiger charge is 2.21. The monoisotopic (exact) mass is 342 g/mol. The van der Waals surface area contributed by atoms with Crippen LogP contribution in [0.25, 0.3) is 10.2 Å². The van der Waals surface area contributed by atoms with E-state index in [9.17, 15) is 4.79 Å². The standard InChI is InChI=1S/C17H18N4O2S/c1-4-23-17(22)14-10(2)13-15(19-9-20-16(13)24-14)21-11(3)12-7-5-6-8-18-12/h5-9,11H,4H2,1-3H3,(H,19,20,21). The smallest absolute Gasteiger partial charge is 0.348 e. The number of rotatable bonds is 5. The van der Waals surface area contributed by atoms with Crippen molar-refractivity contribution < 1.29 is 9.53 Å². The van der Waals surface area contributed by atoms with Crippen LogP contribution < -0.4 is 5.32 Å². The Bertz CT molecular complexity index is 864. The molecule has 3 heterocycles. The summed E-state index contributed by atoms with van der Waals surface area (Å²) in [6, 6.07) is 5.77. The van der Waals surface area contributed by atoms with Crippen molar-refractivity contribution in [1.29, 1.82) is 0 Å². The van der Waals surface area contributed by atoms with Crippen LogP contribution in [-0.2, 0) is 4.74 Å². The molecule has 0 aromatic carbocycles. The minimum absolute atomic E-state index is 0.0188.